The highest BCUT2D eigenvalue weighted by atomic mass is 16.6. The van der Waals surface area contributed by atoms with Crippen molar-refractivity contribution in [2.45, 2.75) is 6.92 Å². The van der Waals surface area contributed by atoms with Crippen molar-refractivity contribution in [3.05, 3.63) is 56.5 Å². The number of nitrogens with zero attached hydrogens (tertiary/aromatic N) is 3. The molecule has 0 atom stereocenters. The summed E-state index contributed by atoms with van der Waals surface area (Å²) in [4.78, 5) is 31.6. The van der Waals surface area contributed by atoms with Crippen LogP contribution in [0.4, 0.5) is 17.3 Å². The molecule has 0 amide bonds. The number of nitrogens with one attached hydrogen (secondary N) is 2. The van der Waals surface area contributed by atoms with Gasteiger partial charge in [0.15, 0.2) is 0 Å². The fraction of sp³-hybridized carbons (Fsp3) is 0.0833. The van der Waals surface area contributed by atoms with E-state index in [0.29, 0.717) is 11.4 Å². The summed E-state index contributed by atoms with van der Waals surface area (Å²) in [6.45, 7) is 1.66. The normalized spacial score (nSPS) is 11.2. The van der Waals surface area contributed by atoms with E-state index in [-0.39, 0.29) is 23.2 Å². The predicted molar refractivity (Wildman–Crippen MR) is 77.6 cm³/mol. The molecule has 0 aliphatic carbocycles. The topological polar surface area (TPSA) is 139 Å². The Hall–Kier alpha value is -3.23. The van der Waals surface area contributed by atoms with Crippen LogP contribution in [0.15, 0.2) is 40.1 Å². The van der Waals surface area contributed by atoms with Crippen molar-refractivity contribution in [2.24, 2.45) is 10.7 Å². The van der Waals surface area contributed by atoms with Crippen molar-refractivity contribution in [3.63, 3.8) is 0 Å². The number of hydrogen-bond donors (Lipinski definition) is 3. The zero-order valence-electron chi connectivity index (χ0n) is 11.0. The first-order valence-electron chi connectivity index (χ1n) is 5.87. The van der Waals surface area contributed by atoms with Gasteiger partial charge in [0.2, 0.25) is 11.9 Å². The lowest BCUT2D eigenvalue weighted by molar-refractivity contribution is -0.384. The van der Waals surface area contributed by atoms with Gasteiger partial charge in [-0.2, -0.15) is 4.99 Å². The highest BCUT2D eigenvalue weighted by Gasteiger charge is 2.04. The van der Waals surface area contributed by atoms with Crippen molar-refractivity contribution < 1.29 is 4.92 Å². The van der Waals surface area contributed by atoms with Crippen molar-refractivity contribution in [1.82, 2.24) is 9.97 Å². The van der Waals surface area contributed by atoms with Crippen LogP contribution >= 0.6 is 0 Å². The van der Waals surface area contributed by atoms with Crippen LogP contribution in [-0.2, 0) is 0 Å². The molecule has 1 heterocycles. The number of nitro benzene ring substituents is 1. The molecule has 1 aromatic carbocycles. The van der Waals surface area contributed by atoms with Crippen LogP contribution in [0, 0.1) is 17.0 Å². The number of rotatable bonds is 3. The minimum absolute atomic E-state index is 0.00222. The highest BCUT2D eigenvalue weighted by molar-refractivity contribution is 5.93. The molecule has 108 valence electrons. The number of H-pyrrole nitrogens is 1. The van der Waals surface area contributed by atoms with E-state index in [1.165, 1.54) is 30.3 Å². The van der Waals surface area contributed by atoms with E-state index in [1.807, 2.05) is 0 Å². The number of nitro groups is 1. The Labute approximate surface area is 118 Å². The summed E-state index contributed by atoms with van der Waals surface area (Å²) in [6, 6.07) is 6.99. The van der Waals surface area contributed by atoms with Crippen LogP contribution in [0.3, 0.4) is 0 Å². The predicted octanol–water partition coefficient (Wildman–Crippen LogP) is 1.04. The Balaban J connectivity index is 2.16. The summed E-state index contributed by atoms with van der Waals surface area (Å²) >= 11 is 0. The van der Waals surface area contributed by atoms with Gasteiger partial charge in [-0.05, 0) is 19.1 Å². The van der Waals surface area contributed by atoms with E-state index >= 15 is 0 Å². The summed E-state index contributed by atoms with van der Waals surface area (Å²) in [5, 5.41) is 13.3. The first-order valence-corrected chi connectivity index (χ1v) is 5.87. The molecule has 0 radical (unpaired) electrons. The first kappa shape index (κ1) is 14.2. The lowest BCUT2D eigenvalue weighted by Gasteiger charge is -2.04. The molecule has 9 nitrogen and oxygen atoms in total. The minimum atomic E-state index is -0.497. The summed E-state index contributed by atoms with van der Waals surface area (Å²) in [7, 11) is 0. The van der Waals surface area contributed by atoms with Gasteiger partial charge in [0.25, 0.3) is 11.2 Å². The van der Waals surface area contributed by atoms with Gasteiger partial charge in [0.1, 0.15) is 0 Å². The Morgan fingerprint density at radius 2 is 2.10 bits per heavy atom. The molecule has 0 unspecified atom stereocenters. The molecule has 21 heavy (non-hydrogen) atoms. The van der Waals surface area contributed by atoms with Crippen LogP contribution in [0.2, 0.25) is 0 Å². The number of aryl methyl sites for hydroxylation is 1. The van der Waals surface area contributed by atoms with Crippen LogP contribution in [0.5, 0.6) is 0 Å². The zero-order chi connectivity index (χ0) is 15.4. The maximum Gasteiger partial charge on any atom is 0.269 e. The summed E-state index contributed by atoms with van der Waals surface area (Å²) in [5.41, 5.74) is 6.36. The number of aromatic nitrogens is 2. The third-order valence-electron chi connectivity index (χ3n) is 2.43. The second-order valence-corrected chi connectivity index (χ2v) is 4.14. The molecule has 2 rings (SSSR count). The Bertz CT molecular complexity index is 750. The molecule has 1 aromatic heterocycles. The maximum atomic E-state index is 11.3. The summed E-state index contributed by atoms with van der Waals surface area (Å²) < 4.78 is 0. The van der Waals surface area contributed by atoms with Gasteiger partial charge in [-0.25, -0.2) is 4.98 Å². The van der Waals surface area contributed by atoms with Crippen molar-refractivity contribution in [3.8, 4) is 0 Å². The SMILES string of the molecule is Cc1cc(=O)[nH]c(N=C(N)Nc2ccc([N+](=O)[O-])cc2)n1. The Morgan fingerprint density at radius 1 is 1.43 bits per heavy atom. The van der Waals surface area contributed by atoms with Gasteiger partial charge >= 0.3 is 0 Å². The molecule has 0 aliphatic heterocycles. The minimum Gasteiger partial charge on any atom is -0.369 e. The first-order chi connectivity index (χ1) is 9.94. The molecule has 0 saturated carbocycles. The van der Waals surface area contributed by atoms with Gasteiger partial charge in [-0.1, -0.05) is 0 Å². The van der Waals surface area contributed by atoms with Crippen molar-refractivity contribution in [1.29, 1.82) is 0 Å². The van der Waals surface area contributed by atoms with Gasteiger partial charge in [0, 0.05) is 29.6 Å². The summed E-state index contributed by atoms with van der Waals surface area (Å²) in [5.74, 6) is 0.0736. The second kappa shape index (κ2) is 5.82. The number of nitrogens with two attached hydrogens (primary N) is 1. The van der Waals surface area contributed by atoms with Crippen molar-refractivity contribution >= 4 is 23.3 Å². The van der Waals surface area contributed by atoms with E-state index in [4.69, 9.17) is 5.73 Å². The van der Waals surface area contributed by atoms with Crippen LogP contribution in [0.1, 0.15) is 5.69 Å². The van der Waals surface area contributed by atoms with E-state index < -0.39 is 4.92 Å². The number of aliphatic imine (C=N–C) groups is 1. The number of benzene rings is 1. The molecule has 9 heteroatoms. The highest BCUT2D eigenvalue weighted by Crippen LogP contribution is 2.15. The maximum absolute atomic E-state index is 11.3. The molecule has 0 aliphatic rings. The van der Waals surface area contributed by atoms with E-state index in [0.717, 1.165) is 0 Å². The molecule has 0 fully saturated rings. The number of hydrogen-bond acceptors (Lipinski definition) is 5. The monoisotopic (exact) mass is 288 g/mol. The number of anilines is 1. The molecule has 2 aromatic rings. The smallest absolute Gasteiger partial charge is 0.269 e. The fourth-order valence-electron chi connectivity index (χ4n) is 1.57. The second-order valence-electron chi connectivity index (χ2n) is 4.14. The molecule has 4 N–H and O–H groups in total. The third kappa shape index (κ3) is 3.86. The van der Waals surface area contributed by atoms with E-state index in [9.17, 15) is 14.9 Å². The van der Waals surface area contributed by atoms with Crippen LogP contribution in [-0.4, -0.2) is 20.9 Å². The lowest BCUT2D eigenvalue weighted by atomic mass is 10.3. The average molecular weight is 288 g/mol. The molecular weight excluding hydrogens is 276 g/mol. The Morgan fingerprint density at radius 3 is 2.67 bits per heavy atom. The fourth-order valence-corrected chi connectivity index (χ4v) is 1.57. The number of aromatic amines is 1. The largest absolute Gasteiger partial charge is 0.369 e. The van der Waals surface area contributed by atoms with Crippen LogP contribution in [0.25, 0.3) is 0 Å². The molecular formula is C12H12N6O3. The number of non-ortho nitro benzene ring substituents is 1. The standard InChI is InChI=1S/C12H12N6O3/c1-7-6-10(19)16-12(14-7)17-11(13)15-8-2-4-9(5-3-8)18(20)21/h2-6H,1H3,(H4,13,14,15,16,17,19). The molecule has 0 spiro atoms. The Kier molecular flexibility index (Phi) is 3.93. The van der Waals surface area contributed by atoms with Gasteiger partial charge < -0.3 is 11.1 Å². The summed E-state index contributed by atoms with van der Waals surface area (Å²) in [6.07, 6.45) is 0. The van der Waals surface area contributed by atoms with Gasteiger partial charge in [0.05, 0.1) is 4.92 Å². The van der Waals surface area contributed by atoms with Crippen molar-refractivity contribution in [2.75, 3.05) is 5.32 Å². The van der Waals surface area contributed by atoms with E-state index in [2.05, 4.69) is 20.3 Å². The lowest BCUT2D eigenvalue weighted by Crippen LogP contribution is -2.22. The number of guanidine groups is 1. The van der Waals surface area contributed by atoms with Crippen LogP contribution < -0.4 is 16.6 Å². The van der Waals surface area contributed by atoms with E-state index in [1.54, 1.807) is 6.92 Å². The zero-order valence-corrected chi connectivity index (χ0v) is 11.0. The third-order valence-corrected chi connectivity index (χ3v) is 2.43. The molecule has 0 saturated heterocycles. The quantitative estimate of drug-likeness (QED) is 0.334. The van der Waals surface area contributed by atoms with Gasteiger partial charge in [-0.3, -0.25) is 19.9 Å². The average Bonchev–Trinajstić information content (AvgIpc) is 2.37. The molecule has 0 bridgehead atoms. The van der Waals surface area contributed by atoms with Gasteiger partial charge in [-0.15, -0.1) is 0 Å².